The molecule has 3 nitrogen and oxygen atoms in total. The summed E-state index contributed by atoms with van der Waals surface area (Å²) in [5.74, 6) is -0.406. The molecule has 2 saturated heterocycles. The number of pyridine rings is 1. The maximum absolute atomic E-state index is 12.6. The van der Waals surface area contributed by atoms with Crippen molar-refractivity contribution in [2.75, 3.05) is 18.0 Å². The topological polar surface area (TPSA) is 28.2 Å². The van der Waals surface area contributed by atoms with Crippen molar-refractivity contribution in [3.05, 3.63) is 24.3 Å². The second-order valence-corrected chi connectivity index (χ2v) is 3.99. The maximum atomic E-state index is 12.6. The molecule has 0 aromatic carbocycles. The zero-order valence-electron chi connectivity index (χ0n) is 7.78. The lowest BCUT2D eigenvalue weighted by Crippen LogP contribution is -2.43. The number of nitrogens with one attached hydrogen (secondary N) is 1. The number of aromatic nitrogens is 1. The molecule has 3 rings (SSSR count). The molecule has 4 heteroatoms. The van der Waals surface area contributed by atoms with Gasteiger partial charge in [-0.25, -0.2) is 4.98 Å². The van der Waals surface area contributed by atoms with Gasteiger partial charge in [0.15, 0.2) is 0 Å². The summed E-state index contributed by atoms with van der Waals surface area (Å²) >= 11 is 0. The van der Waals surface area contributed by atoms with Crippen LogP contribution in [0, 0.1) is 5.95 Å². The number of halogens is 1. The fraction of sp³-hybridized carbons (Fsp3) is 0.500. The molecule has 0 radical (unpaired) electrons. The molecule has 14 heavy (non-hydrogen) atoms. The van der Waals surface area contributed by atoms with E-state index in [1.807, 2.05) is 6.07 Å². The van der Waals surface area contributed by atoms with Crippen molar-refractivity contribution in [3.63, 3.8) is 0 Å². The van der Waals surface area contributed by atoms with Crippen molar-refractivity contribution in [1.82, 2.24) is 10.3 Å². The van der Waals surface area contributed by atoms with E-state index in [0.717, 1.165) is 18.8 Å². The Bertz CT molecular complexity index is 338. The molecule has 0 saturated carbocycles. The molecule has 0 aliphatic carbocycles. The highest BCUT2D eigenvalue weighted by Crippen LogP contribution is 2.28. The Kier molecular flexibility index (Phi) is 1.70. The average Bonchev–Trinajstić information content (AvgIpc) is 2.80. The first-order valence-corrected chi connectivity index (χ1v) is 4.94. The predicted octanol–water partition coefficient (Wildman–Crippen LogP) is 0.771. The third-order valence-electron chi connectivity index (χ3n) is 3.10. The van der Waals surface area contributed by atoms with Crippen LogP contribution in [0.3, 0.4) is 0 Å². The maximum Gasteiger partial charge on any atom is 0.212 e. The molecule has 2 aliphatic heterocycles. The average molecular weight is 193 g/mol. The van der Waals surface area contributed by atoms with Gasteiger partial charge in [-0.15, -0.1) is 0 Å². The molecular weight excluding hydrogens is 181 g/mol. The SMILES string of the molecule is Fc1ccc(N2C[C@@H]3C[C@H]2CN3)cn1. The smallest absolute Gasteiger partial charge is 0.212 e. The minimum absolute atomic E-state index is 0.406. The zero-order chi connectivity index (χ0) is 9.54. The first kappa shape index (κ1) is 8.17. The van der Waals surface area contributed by atoms with E-state index in [4.69, 9.17) is 0 Å². The number of fused-ring (bicyclic) bond motifs is 2. The summed E-state index contributed by atoms with van der Waals surface area (Å²) in [6.07, 6.45) is 2.83. The Balaban J connectivity index is 1.86. The van der Waals surface area contributed by atoms with Crippen LogP contribution in [0.5, 0.6) is 0 Å². The monoisotopic (exact) mass is 193 g/mol. The molecule has 0 spiro atoms. The van der Waals surface area contributed by atoms with Crippen LogP contribution in [-0.2, 0) is 0 Å². The Morgan fingerprint density at radius 2 is 2.43 bits per heavy atom. The minimum Gasteiger partial charge on any atom is -0.364 e. The van der Waals surface area contributed by atoms with Gasteiger partial charge in [0.2, 0.25) is 5.95 Å². The summed E-state index contributed by atoms with van der Waals surface area (Å²) in [6.45, 7) is 2.07. The van der Waals surface area contributed by atoms with Gasteiger partial charge in [-0.2, -0.15) is 4.39 Å². The summed E-state index contributed by atoms with van der Waals surface area (Å²) in [6, 6.07) is 4.43. The Morgan fingerprint density at radius 3 is 3.00 bits per heavy atom. The van der Waals surface area contributed by atoms with Crippen LogP contribution in [0.25, 0.3) is 0 Å². The molecule has 0 unspecified atom stereocenters. The lowest BCUT2D eigenvalue weighted by atomic mass is 10.2. The molecule has 74 valence electrons. The summed E-state index contributed by atoms with van der Waals surface area (Å²) < 4.78 is 12.6. The lowest BCUT2D eigenvalue weighted by molar-refractivity contribution is 0.570. The summed E-state index contributed by atoms with van der Waals surface area (Å²) in [5, 5.41) is 3.43. The Hall–Kier alpha value is -1.16. The van der Waals surface area contributed by atoms with Crippen LogP contribution in [0.15, 0.2) is 18.3 Å². The quantitative estimate of drug-likeness (QED) is 0.668. The van der Waals surface area contributed by atoms with Crippen molar-refractivity contribution in [2.45, 2.75) is 18.5 Å². The Labute approximate surface area is 81.9 Å². The van der Waals surface area contributed by atoms with Gasteiger partial charge in [-0.05, 0) is 18.6 Å². The first-order chi connectivity index (χ1) is 6.83. The first-order valence-electron chi connectivity index (χ1n) is 4.94. The van der Waals surface area contributed by atoms with Gasteiger partial charge in [-0.1, -0.05) is 0 Å². The second-order valence-electron chi connectivity index (χ2n) is 3.99. The van der Waals surface area contributed by atoms with Crippen molar-refractivity contribution in [3.8, 4) is 0 Å². The normalized spacial score (nSPS) is 29.9. The summed E-state index contributed by atoms with van der Waals surface area (Å²) in [7, 11) is 0. The van der Waals surface area contributed by atoms with Crippen molar-refractivity contribution >= 4 is 5.69 Å². The van der Waals surface area contributed by atoms with Gasteiger partial charge >= 0.3 is 0 Å². The highest BCUT2D eigenvalue weighted by atomic mass is 19.1. The molecule has 2 fully saturated rings. The number of rotatable bonds is 1. The van der Waals surface area contributed by atoms with Crippen LogP contribution in [0.2, 0.25) is 0 Å². The largest absolute Gasteiger partial charge is 0.364 e. The standard InChI is InChI=1S/C10H12FN3/c11-10-2-1-8(4-13-10)14-6-7-3-9(14)5-12-7/h1-2,4,7,9,12H,3,5-6H2/t7-,9-/m0/s1. The molecule has 1 aromatic heterocycles. The van der Waals surface area contributed by atoms with Gasteiger partial charge in [0.05, 0.1) is 11.9 Å². The van der Waals surface area contributed by atoms with Gasteiger partial charge in [-0.3, -0.25) is 0 Å². The minimum atomic E-state index is -0.406. The summed E-state index contributed by atoms with van der Waals surface area (Å²) in [4.78, 5) is 5.99. The van der Waals surface area contributed by atoms with Crippen molar-refractivity contribution in [2.24, 2.45) is 0 Å². The van der Waals surface area contributed by atoms with E-state index < -0.39 is 5.95 Å². The molecule has 2 atom stereocenters. The fourth-order valence-electron chi connectivity index (χ4n) is 2.41. The van der Waals surface area contributed by atoms with Crippen molar-refractivity contribution < 1.29 is 4.39 Å². The zero-order valence-corrected chi connectivity index (χ0v) is 7.78. The van der Waals surface area contributed by atoms with Gasteiger partial charge in [0.25, 0.3) is 0 Å². The van der Waals surface area contributed by atoms with E-state index in [0.29, 0.717) is 12.1 Å². The van der Waals surface area contributed by atoms with Crippen LogP contribution in [-0.4, -0.2) is 30.2 Å². The van der Waals surface area contributed by atoms with E-state index >= 15 is 0 Å². The number of piperazine rings is 1. The Morgan fingerprint density at radius 1 is 1.50 bits per heavy atom. The fourth-order valence-corrected chi connectivity index (χ4v) is 2.41. The third-order valence-corrected chi connectivity index (χ3v) is 3.10. The van der Waals surface area contributed by atoms with Crippen molar-refractivity contribution in [1.29, 1.82) is 0 Å². The lowest BCUT2D eigenvalue weighted by Gasteiger charge is -2.29. The summed E-state index contributed by atoms with van der Waals surface area (Å²) in [5.41, 5.74) is 1.04. The van der Waals surface area contributed by atoms with E-state index in [-0.39, 0.29) is 0 Å². The predicted molar refractivity (Wildman–Crippen MR) is 51.7 cm³/mol. The van der Waals surface area contributed by atoms with Gasteiger partial charge in [0, 0.05) is 25.2 Å². The second kappa shape index (κ2) is 2.92. The number of anilines is 1. The van der Waals surface area contributed by atoms with E-state index in [1.54, 1.807) is 6.20 Å². The van der Waals surface area contributed by atoms with Crippen LogP contribution in [0.4, 0.5) is 10.1 Å². The van der Waals surface area contributed by atoms with Gasteiger partial charge in [0.1, 0.15) is 0 Å². The molecule has 0 amide bonds. The van der Waals surface area contributed by atoms with E-state index in [9.17, 15) is 4.39 Å². The molecular formula is C10H12FN3. The van der Waals surface area contributed by atoms with E-state index in [1.165, 1.54) is 12.5 Å². The van der Waals surface area contributed by atoms with E-state index in [2.05, 4.69) is 15.2 Å². The number of hydrogen-bond acceptors (Lipinski definition) is 3. The highest BCUT2D eigenvalue weighted by Gasteiger charge is 2.37. The van der Waals surface area contributed by atoms with Crippen LogP contribution >= 0.6 is 0 Å². The van der Waals surface area contributed by atoms with Crippen LogP contribution in [0.1, 0.15) is 6.42 Å². The number of nitrogens with zero attached hydrogens (tertiary/aromatic N) is 2. The molecule has 3 heterocycles. The third kappa shape index (κ3) is 1.18. The molecule has 2 bridgehead atoms. The van der Waals surface area contributed by atoms with Crippen LogP contribution < -0.4 is 10.2 Å². The highest BCUT2D eigenvalue weighted by molar-refractivity contribution is 5.47. The van der Waals surface area contributed by atoms with Gasteiger partial charge < -0.3 is 10.2 Å². The number of hydrogen-bond donors (Lipinski definition) is 1. The molecule has 1 N–H and O–H groups in total. The molecule has 2 aliphatic rings. The molecule has 1 aromatic rings.